The van der Waals surface area contributed by atoms with E-state index in [9.17, 15) is 0 Å². The summed E-state index contributed by atoms with van der Waals surface area (Å²) >= 11 is 7.15. The summed E-state index contributed by atoms with van der Waals surface area (Å²) in [5.41, 5.74) is 0.769. The molecule has 1 aromatic heterocycles. The molecule has 4 rings (SSSR count). The normalized spacial score (nSPS) is 11.0. The monoisotopic (exact) mass is 487 g/mol. The van der Waals surface area contributed by atoms with Crippen LogP contribution < -0.4 is 14.2 Å². The van der Waals surface area contributed by atoms with Gasteiger partial charge in [0.15, 0.2) is 11.5 Å². The molecule has 4 nitrogen and oxygen atoms in total. The van der Waals surface area contributed by atoms with E-state index in [2.05, 4.69) is 42.9 Å². The van der Waals surface area contributed by atoms with Crippen LogP contribution in [0.1, 0.15) is 0 Å². The summed E-state index contributed by atoms with van der Waals surface area (Å²) in [5.74, 6) is 2.51. The molecule has 3 aromatic carbocycles. The molecule has 0 N–H and O–H groups in total. The van der Waals surface area contributed by atoms with Gasteiger partial charge in [0.25, 0.3) is 0 Å². The Morgan fingerprint density at radius 3 is 2.26 bits per heavy atom. The third kappa shape index (κ3) is 3.47. The summed E-state index contributed by atoms with van der Waals surface area (Å²) in [6.07, 6.45) is 0. The van der Waals surface area contributed by atoms with Crippen molar-refractivity contribution in [2.45, 2.75) is 0 Å². The molecule has 0 spiro atoms. The number of benzene rings is 3. The fourth-order valence-corrected chi connectivity index (χ4v) is 3.88. The van der Waals surface area contributed by atoms with Crippen molar-refractivity contribution in [3.8, 4) is 23.1 Å². The number of halogens is 2. The maximum atomic E-state index is 6.04. The minimum absolute atomic E-state index is 0.506. The molecule has 0 fully saturated rings. The number of nitrogens with zero attached hydrogens (tertiary/aromatic N) is 1. The van der Waals surface area contributed by atoms with Crippen molar-refractivity contribution >= 4 is 53.5 Å². The number of methoxy groups -OCH3 is 2. The molecule has 4 aromatic rings. The summed E-state index contributed by atoms with van der Waals surface area (Å²) in [4.78, 5) is 4.60. The van der Waals surface area contributed by atoms with E-state index in [1.807, 2.05) is 48.5 Å². The minimum atomic E-state index is 0.506. The van der Waals surface area contributed by atoms with Gasteiger partial charge in [-0.3, -0.25) is 0 Å². The van der Waals surface area contributed by atoms with Crippen LogP contribution >= 0.6 is 31.9 Å². The Balaban J connectivity index is 1.74. The van der Waals surface area contributed by atoms with Gasteiger partial charge in [0.05, 0.1) is 24.2 Å². The van der Waals surface area contributed by atoms with Gasteiger partial charge in [-0.1, -0.05) is 28.1 Å². The Labute approximate surface area is 173 Å². The predicted octanol–water partition coefficient (Wildman–Crippen LogP) is 6.72. The quantitative estimate of drug-likeness (QED) is 0.319. The third-order valence-electron chi connectivity index (χ3n) is 4.26. The highest BCUT2D eigenvalue weighted by Gasteiger charge is 2.11. The number of pyridine rings is 1. The van der Waals surface area contributed by atoms with E-state index in [0.717, 1.165) is 30.6 Å². The molecular weight excluding hydrogens is 474 g/mol. The number of rotatable bonds is 4. The van der Waals surface area contributed by atoms with Crippen LogP contribution in [-0.2, 0) is 0 Å². The Hall–Kier alpha value is -2.31. The highest BCUT2D eigenvalue weighted by atomic mass is 79.9. The average molecular weight is 489 g/mol. The maximum Gasteiger partial charge on any atom is 0.219 e. The van der Waals surface area contributed by atoms with Crippen molar-refractivity contribution in [2.75, 3.05) is 14.2 Å². The van der Waals surface area contributed by atoms with Gasteiger partial charge in [-0.2, -0.15) is 0 Å². The minimum Gasteiger partial charge on any atom is -0.493 e. The SMILES string of the molecule is COc1cc2ccc(Oc3ccc4cc(Br)ccc4c3Br)nc2cc1OC. The van der Waals surface area contributed by atoms with Crippen LogP contribution in [0, 0.1) is 0 Å². The van der Waals surface area contributed by atoms with E-state index >= 15 is 0 Å². The molecule has 27 heavy (non-hydrogen) atoms. The van der Waals surface area contributed by atoms with E-state index < -0.39 is 0 Å². The summed E-state index contributed by atoms with van der Waals surface area (Å²) in [5, 5.41) is 3.14. The van der Waals surface area contributed by atoms with E-state index in [4.69, 9.17) is 14.2 Å². The van der Waals surface area contributed by atoms with Crippen molar-refractivity contribution in [1.29, 1.82) is 0 Å². The molecule has 1 heterocycles. The summed E-state index contributed by atoms with van der Waals surface area (Å²) in [7, 11) is 3.22. The van der Waals surface area contributed by atoms with Crippen molar-refractivity contribution in [3.63, 3.8) is 0 Å². The zero-order valence-electron chi connectivity index (χ0n) is 14.6. The van der Waals surface area contributed by atoms with E-state index in [1.54, 1.807) is 14.2 Å². The first-order valence-corrected chi connectivity index (χ1v) is 9.76. The standard InChI is InChI=1S/C21H15Br2NO3/c1-25-18-10-13-4-8-20(24-16(13)11-19(18)26-2)27-17-7-3-12-9-14(22)5-6-15(12)21(17)23/h3-11H,1-2H3. The predicted molar refractivity (Wildman–Crippen MR) is 114 cm³/mol. The molecule has 0 saturated carbocycles. The van der Waals surface area contributed by atoms with Gasteiger partial charge in [-0.15, -0.1) is 0 Å². The third-order valence-corrected chi connectivity index (χ3v) is 5.58. The van der Waals surface area contributed by atoms with E-state index in [-0.39, 0.29) is 0 Å². The van der Waals surface area contributed by atoms with Gasteiger partial charge in [-0.05, 0) is 57.0 Å². The fraction of sp³-hybridized carbons (Fsp3) is 0.0952. The maximum absolute atomic E-state index is 6.04. The highest BCUT2D eigenvalue weighted by Crippen LogP contribution is 2.37. The molecule has 0 aliphatic heterocycles. The molecular formula is C21H15Br2NO3. The van der Waals surface area contributed by atoms with Gasteiger partial charge in [-0.25, -0.2) is 4.98 Å². The first-order valence-electron chi connectivity index (χ1n) is 8.17. The highest BCUT2D eigenvalue weighted by molar-refractivity contribution is 9.11. The van der Waals surface area contributed by atoms with E-state index in [1.165, 1.54) is 0 Å². The van der Waals surface area contributed by atoms with Gasteiger partial charge < -0.3 is 14.2 Å². The number of hydrogen-bond acceptors (Lipinski definition) is 4. The van der Waals surface area contributed by atoms with Crippen molar-refractivity contribution in [2.24, 2.45) is 0 Å². The lowest BCUT2D eigenvalue weighted by Gasteiger charge is -2.12. The zero-order valence-corrected chi connectivity index (χ0v) is 17.8. The van der Waals surface area contributed by atoms with Crippen molar-refractivity contribution in [1.82, 2.24) is 4.98 Å². The van der Waals surface area contributed by atoms with Crippen LogP contribution in [0.4, 0.5) is 0 Å². The van der Waals surface area contributed by atoms with E-state index in [0.29, 0.717) is 23.1 Å². The summed E-state index contributed by atoms with van der Waals surface area (Å²) in [6, 6.07) is 17.6. The second kappa shape index (κ2) is 7.37. The van der Waals surface area contributed by atoms with Crippen LogP contribution in [-0.4, -0.2) is 19.2 Å². The fourth-order valence-electron chi connectivity index (χ4n) is 2.92. The average Bonchev–Trinajstić information content (AvgIpc) is 2.68. The zero-order chi connectivity index (χ0) is 19.0. The van der Waals surface area contributed by atoms with Gasteiger partial charge >= 0.3 is 0 Å². The molecule has 136 valence electrons. The van der Waals surface area contributed by atoms with Crippen LogP contribution in [0.15, 0.2) is 63.5 Å². The van der Waals surface area contributed by atoms with Crippen LogP contribution in [0.5, 0.6) is 23.1 Å². The Morgan fingerprint density at radius 1 is 0.741 bits per heavy atom. The van der Waals surface area contributed by atoms with Gasteiger partial charge in [0.2, 0.25) is 5.88 Å². The number of aromatic nitrogens is 1. The molecule has 0 saturated heterocycles. The summed E-state index contributed by atoms with van der Waals surface area (Å²) < 4.78 is 18.7. The number of fused-ring (bicyclic) bond motifs is 2. The van der Waals surface area contributed by atoms with Crippen molar-refractivity contribution < 1.29 is 14.2 Å². The Kier molecular flexibility index (Phi) is 4.93. The lowest BCUT2D eigenvalue weighted by atomic mass is 10.1. The lowest BCUT2D eigenvalue weighted by Crippen LogP contribution is -1.93. The molecule has 0 aliphatic rings. The Bertz CT molecular complexity index is 1160. The Morgan fingerprint density at radius 2 is 1.48 bits per heavy atom. The molecule has 0 amide bonds. The largest absolute Gasteiger partial charge is 0.493 e. The van der Waals surface area contributed by atoms with Crippen molar-refractivity contribution in [3.05, 3.63) is 63.5 Å². The first-order chi connectivity index (χ1) is 13.1. The number of ether oxygens (including phenoxy) is 3. The molecule has 0 aliphatic carbocycles. The second-order valence-electron chi connectivity index (χ2n) is 5.89. The molecule has 0 bridgehead atoms. The van der Waals surface area contributed by atoms with Crippen LogP contribution in [0.3, 0.4) is 0 Å². The summed E-state index contributed by atoms with van der Waals surface area (Å²) in [6.45, 7) is 0. The lowest BCUT2D eigenvalue weighted by molar-refractivity contribution is 0.355. The number of hydrogen-bond donors (Lipinski definition) is 0. The molecule has 6 heteroatoms. The van der Waals surface area contributed by atoms with Crippen LogP contribution in [0.25, 0.3) is 21.7 Å². The van der Waals surface area contributed by atoms with Gasteiger partial charge in [0.1, 0.15) is 5.75 Å². The second-order valence-corrected chi connectivity index (χ2v) is 7.60. The molecule has 0 radical (unpaired) electrons. The van der Waals surface area contributed by atoms with Crippen LogP contribution in [0.2, 0.25) is 0 Å². The molecule has 0 unspecified atom stereocenters. The smallest absolute Gasteiger partial charge is 0.219 e. The molecule has 0 atom stereocenters. The van der Waals surface area contributed by atoms with Gasteiger partial charge in [0, 0.05) is 22.0 Å². The topological polar surface area (TPSA) is 40.6 Å². The first kappa shape index (κ1) is 18.1.